The molecule has 188 valence electrons. The molecular weight excluding hydrogens is 480 g/mol. The fourth-order valence-corrected chi connectivity index (χ4v) is 5.25. The van der Waals surface area contributed by atoms with Crippen molar-refractivity contribution < 1.29 is 14.3 Å². The van der Waals surface area contributed by atoms with Crippen LogP contribution in [0.1, 0.15) is 16.8 Å². The monoisotopic (exact) mass is 508 g/mol. The Morgan fingerprint density at radius 3 is 2.83 bits per heavy atom. The number of aryl methyl sites for hydroxylation is 1. The number of hydrogen-bond donors (Lipinski definition) is 1. The highest BCUT2D eigenvalue weighted by Crippen LogP contribution is 2.32. The van der Waals surface area contributed by atoms with Crippen molar-refractivity contribution in [3.63, 3.8) is 0 Å². The summed E-state index contributed by atoms with van der Waals surface area (Å²) in [5, 5.41) is 10.3. The summed E-state index contributed by atoms with van der Waals surface area (Å²) < 4.78 is 15.5. The second-order valence-electron chi connectivity index (χ2n) is 9.17. The number of aromatic nitrogens is 5. The van der Waals surface area contributed by atoms with Crippen LogP contribution in [0.4, 0.5) is 10.9 Å². The lowest BCUT2D eigenvalue weighted by Crippen LogP contribution is -2.47. The first-order valence-electron chi connectivity index (χ1n) is 12.0. The maximum atomic E-state index is 12.9. The number of ether oxygens (including phenoxy) is 2. The Balaban J connectivity index is 1.28. The topological polar surface area (TPSA) is 103 Å². The summed E-state index contributed by atoms with van der Waals surface area (Å²) in [6.07, 6.45) is 6.40. The summed E-state index contributed by atoms with van der Waals surface area (Å²) in [4.78, 5) is 26.6. The molecule has 0 saturated carbocycles. The van der Waals surface area contributed by atoms with E-state index in [1.807, 2.05) is 46.4 Å². The first-order valence-corrected chi connectivity index (χ1v) is 12.9. The number of nitrogens with one attached hydrogen (secondary N) is 1. The number of rotatable bonds is 6. The summed E-state index contributed by atoms with van der Waals surface area (Å²) in [6.45, 7) is 4.47. The van der Waals surface area contributed by atoms with Crippen LogP contribution in [0, 0.1) is 0 Å². The Bertz CT molecular complexity index is 1380. The molecule has 1 amide bonds. The number of likely N-dealkylation sites (N-methyl/N-ethyl adjacent to an activating group) is 1. The molecule has 0 radical (unpaired) electrons. The van der Waals surface area contributed by atoms with E-state index in [1.54, 1.807) is 10.9 Å². The van der Waals surface area contributed by atoms with Crippen LogP contribution in [0.5, 0.6) is 5.88 Å². The molecule has 0 aliphatic carbocycles. The molecule has 1 atom stereocenters. The Kier molecular flexibility index (Phi) is 6.07. The number of fused-ring (bicyclic) bond motifs is 1. The van der Waals surface area contributed by atoms with Crippen LogP contribution in [0.3, 0.4) is 0 Å². The molecule has 12 heteroatoms. The molecule has 2 aliphatic heterocycles. The summed E-state index contributed by atoms with van der Waals surface area (Å²) in [5.74, 6) is 0.959. The molecule has 2 fully saturated rings. The minimum Gasteiger partial charge on any atom is -0.470 e. The van der Waals surface area contributed by atoms with Gasteiger partial charge in [0.1, 0.15) is 11.6 Å². The van der Waals surface area contributed by atoms with E-state index in [0.29, 0.717) is 30.6 Å². The van der Waals surface area contributed by atoms with Gasteiger partial charge in [-0.3, -0.25) is 9.48 Å². The molecule has 6 rings (SSSR count). The van der Waals surface area contributed by atoms with Crippen LogP contribution in [0.15, 0.2) is 36.1 Å². The fourth-order valence-electron chi connectivity index (χ4n) is 4.48. The van der Waals surface area contributed by atoms with Gasteiger partial charge in [-0.05, 0) is 19.2 Å². The number of hydrogen-bond acceptors (Lipinski definition) is 9. The average Bonchev–Trinajstić information content (AvgIpc) is 3.67. The molecule has 0 spiro atoms. The van der Waals surface area contributed by atoms with Crippen LogP contribution >= 0.6 is 11.3 Å². The second-order valence-corrected chi connectivity index (χ2v) is 10.1. The molecule has 1 N–H and O–H groups in total. The van der Waals surface area contributed by atoms with E-state index < -0.39 is 0 Å². The number of amides is 1. The number of thiophene rings is 1. The van der Waals surface area contributed by atoms with Crippen molar-refractivity contribution in [2.45, 2.75) is 12.5 Å². The standard InChI is InChI=1S/C24H28N8O3S/c1-29-6-8-31(9-7-29)23(33)16-11-20(36-15-16)27-24-26-19-3-5-32(17-12-25-30(2)13-17)21(19)22(28-24)35-18-4-10-34-14-18/h3,5,11-13,15,18H,4,6-10,14H2,1-2H3,(H,26,27,28)/t18-/m1/s1. The van der Waals surface area contributed by atoms with Gasteiger partial charge in [0.05, 0.1) is 41.2 Å². The predicted octanol–water partition coefficient (Wildman–Crippen LogP) is 2.51. The smallest absolute Gasteiger partial charge is 0.254 e. The molecule has 0 unspecified atom stereocenters. The Morgan fingerprint density at radius 1 is 1.22 bits per heavy atom. The molecule has 0 aromatic carbocycles. The SMILES string of the molecule is CN1CCN(C(=O)c2csc(Nc3nc(O[C@@H]4CCOC4)c4c(ccn4-c4cnn(C)c4)n3)c2)CC1. The van der Waals surface area contributed by atoms with Crippen molar-refractivity contribution in [3.05, 3.63) is 41.7 Å². The fraction of sp³-hybridized carbons (Fsp3) is 0.417. The normalized spacial score (nSPS) is 18.7. The number of piperazine rings is 1. The van der Waals surface area contributed by atoms with Gasteiger partial charge >= 0.3 is 0 Å². The average molecular weight is 509 g/mol. The van der Waals surface area contributed by atoms with Gasteiger partial charge in [0.2, 0.25) is 11.8 Å². The second kappa shape index (κ2) is 9.52. The van der Waals surface area contributed by atoms with Gasteiger partial charge in [0.15, 0.2) is 0 Å². The van der Waals surface area contributed by atoms with Crippen molar-refractivity contribution in [1.29, 1.82) is 0 Å². The van der Waals surface area contributed by atoms with Gasteiger partial charge in [-0.1, -0.05) is 0 Å². The maximum absolute atomic E-state index is 12.9. The molecule has 2 saturated heterocycles. The third kappa shape index (κ3) is 4.54. The van der Waals surface area contributed by atoms with E-state index >= 15 is 0 Å². The summed E-state index contributed by atoms with van der Waals surface area (Å²) in [5.41, 5.74) is 3.10. The number of nitrogens with zero attached hydrogens (tertiary/aromatic N) is 7. The molecule has 4 aromatic heterocycles. The van der Waals surface area contributed by atoms with Gasteiger partial charge in [-0.15, -0.1) is 11.3 Å². The maximum Gasteiger partial charge on any atom is 0.254 e. The minimum absolute atomic E-state index is 0.0579. The lowest BCUT2D eigenvalue weighted by Gasteiger charge is -2.32. The van der Waals surface area contributed by atoms with Crippen molar-refractivity contribution in [3.8, 4) is 11.6 Å². The van der Waals surface area contributed by atoms with Crippen LogP contribution < -0.4 is 10.1 Å². The van der Waals surface area contributed by atoms with Gasteiger partial charge in [-0.25, -0.2) is 4.98 Å². The van der Waals surface area contributed by atoms with Crippen LogP contribution in [-0.2, 0) is 11.8 Å². The number of carbonyl (C=O) groups is 1. The molecular formula is C24H28N8O3S. The summed E-state index contributed by atoms with van der Waals surface area (Å²) in [7, 11) is 3.96. The summed E-state index contributed by atoms with van der Waals surface area (Å²) in [6, 6.07) is 3.80. The largest absolute Gasteiger partial charge is 0.470 e. The third-order valence-electron chi connectivity index (χ3n) is 6.51. The van der Waals surface area contributed by atoms with Crippen molar-refractivity contribution >= 4 is 39.2 Å². The predicted molar refractivity (Wildman–Crippen MR) is 136 cm³/mol. The Labute approximate surface area is 212 Å². The zero-order valence-corrected chi connectivity index (χ0v) is 21.1. The van der Waals surface area contributed by atoms with Gasteiger partial charge < -0.3 is 29.2 Å². The number of anilines is 2. The number of carbonyl (C=O) groups excluding carboxylic acids is 1. The highest BCUT2D eigenvalue weighted by atomic mass is 32.1. The highest BCUT2D eigenvalue weighted by molar-refractivity contribution is 7.14. The zero-order chi connectivity index (χ0) is 24.6. The van der Waals surface area contributed by atoms with E-state index in [9.17, 15) is 4.79 Å². The first kappa shape index (κ1) is 23.0. The van der Waals surface area contributed by atoms with Gasteiger partial charge in [0.25, 0.3) is 5.91 Å². The quantitative estimate of drug-likeness (QED) is 0.424. The highest BCUT2D eigenvalue weighted by Gasteiger charge is 2.24. The van der Waals surface area contributed by atoms with E-state index in [-0.39, 0.29) is 12.0 Å². The van der Waals surface area contributed by atoms with E-state index in [2.05, 4.69) is 22.4 Å². The lowest BCUT2D eigenvalue weighted by molar-refractivity contribution is 0.0664. The van der Waals surface area contributed by atoms with Crippen LogP contribution in [0.25, 0.3) is 16.7 Å². The van der Waals surface area contributed by atoms with Crippen molar-refractivity contribution in [2.24, 2.45) is 7.05 Å². The van der Waals surface area contributed by atoms with Gasteiger partial charge in [0, 0.05) is 57.4 Å². The van der Waals surface area contributed by atoms with Gasteiger partial charge in [-0.2, -0.15) is 10.1 Å². The van der Waals surface area contributed by atoms with Crippen molar-refractivity contribution in [1.82, 2.24) is 34.1 Å². The van der Waals surface area contributed by atoms with E-state index in [1.165, 1.54) is 11.3 Å². The molecule has 2 aliphatic rings. The third-order valence-corrected chi connectivity index (χ3v) is 7.35. The Morgan fingerprint density at radius 2 is 2.08 bits per heavy atom. The van der Waals surface area contributed by atoms with E-state index in [0.717, 1.165) is 54.3 Å². The van der Waals surface area contributed by atoms with Crippen LogP contribution in [-0.4, -0.2) is 92.6 Å². The van der Waals surface area contributed by atoms with Crippen LogP contribution in [0.2, 0.25) is 0 Å². The molecule has 36 heavy (non-hydrogen) atoms. The molecule has 11 nitrogen and oxygen atoms in total. The summed E-state index contributed by atoms with van der Waals surface area (Å²) >= 11 is 1.46. The zero-order valence-electron chi connectivity index (χ0n) is 20.3. The lowest BCUT2D eigenvalue weighted by atomic mass is 10.2. The van der Waals surface area contributed by atoms with E-state index in [4.69, 9.17) is 19.4 Å². The molecule has 0 bridgehead atoms. The van der Waals surface area contributed by atoms with Crippen molar-refractivity contribution in [2.75, 3.05) is 51.8 Å². The molecule has 4 aromatic rings. The molecule has 6 heterocycles. The minimum atomic E-state index is -0.0669. The Hall–Kier alpha value is -3.48. The first-order chi connectivity index (χ1) is 17.5.